The number of para-hydroxylation sites is 4. The van der Waals surface area contributed by atoms with Crippen molar-refractivity contribution < 1.29 is 4.74 Å². The summed E-state index contributed by atoms with van der Waals surface area (Å²) in [6.45, 7) is 4.62. The van der Waals surface area contributed by atoms with Crippen LogP contribution in [0, 0.1) is 11.3 Å². The number of nitrogens with two attached hydrogens (primary N) is 1. The number of benzene rings is 6. The third-order valence-electron chi connectivity index (χ3n) is 9.66. The lowest BCUT2D eigenvalue weighted by Gasteiger charge is -2.42. The summed E-state index contributed by atoms with van der Waals surface area (Å²) in [6, 6.07) is 46.8. The van der Waals surface area contributed by atoms with Crippen LogP contribution in [0.3, 0.4) is 0 Å². The number of nitrogen functional groups attached to an aromatic ring is 1. The lowest BCUT2D eigenvalue weighted by atomic mass is 9.73. The van der Waals surface area contributed by atoms with Crippen molar-refractivity contribution in [3.05, 3.63) is 155 Å². The molecule has 2 aliphatic heterocycles. The summed E-state index contributed by atoms with van der Waals surface area (Å²) >= 11 is 0. The Morgan fingerprint density at radius 3 is 1.89 bits per heavy atom. The number of nitrogens with zero attached hydrogens (tertiary/aromatic N) is 2. The zero-order valence-electron chi connectivity index (χ0n) is 25.9. The molecule has 4 nitrogen and oxygen atoms in total. The van der Waals surface area contributed by atoms with Gasteiger partial charge in [-0.05, 0) is 88.7 Å². The first-order chi connectivity index (χ1) is 22.5. The molecule has 46 heavy (non-hydrogen) atoms. The molecule has 0 amide bonds. The van der Waals surface area contributed by atoms with Gasteiger partial charge in [-0.15, -0.1) is 0 Å². The average Bonchev–Trinajstić information content (AvgIpc) is 3.10. The summed E-state index contributed by atoms with van der Waals surface area (Å²) < 4.78 is 6.79. The predicted octanol–water partition coefficient (Wildman–Crippen LogP) is 10.5. The fourth-order valence-electron chi connectivity index (χ4n) is 7.36. The lowest BCUT2D eigenvalue weighted by Crippen LogP contribution is -2.30. The van der Waals surface area contributed by atoms with Crippen LogP contribution in [0.4, 0.5) is 22.7 Å². The molecule has 6 aromatic rings. The summed E-state index contributed by atoms with van der Waals surface area (Å²) in [5, 5.41) is 10.2. The second-order valence-electron chi connectivity index (χ2n) is 12.6. The molecule has 0 bridgehead atoms. The molecule has 0 aromatic heterocycles. The van der Waals surface area contributed by atoms with Crippen molar-refractivity contribution in [3.63, 3.8) is 0 Å². The normalized spacial score (nSPS) is 14.1. The van der Waals surface area contributed by atoms with E-state index in [4.69, 9.17) is 10.5 Å². The Balaban J connectivity index is 1.36. The molecular formula is C42H33N3O. The van der Waals surface area contributed by atoms with E-state index in [2.05, 4.69) is 110 Å². The van der Waals surface area contributed by atoms with Gasteiger partial charge >= 0.3 is 0 Å². The van der Waals surface area contributed by atoms with Crippen molar-refractivity contribution in [3.8, 4) is 39.8 Å². The van der Waals surface area contributed by atoms with Crippen LogP contribution >= 0.6 is 0 Å². The second-order valence-corrected chi connectivity index (χ2v) is 12.6. The highest BCUT2D eigenvalue weighted by molar-refractivity contribution is 5.89. The first kappa shape index (κ1) is 27.7. The van der Waals surface area contributed by atoms with E-state index in [1.54, 1.807) is 0 Å². The molecule has 2 heterocycles. The molecule has 0 fully saturated rings. The van der Waals surface area contributed by atoms with E-state index in [0.29, 0.717) is 17.7 Å². The molecule has 2 aliphatic rings. The van der Waals surface area contributed by atoms with Gasteiger partial charge in [0, 0.05) is 27.9 Å². The highest BCUT2D eigenvalue weighted by atomic mass is 16.5. The van der Waals surface area contributed by atoms with Crippen molar-refractivity contribution in [2.24, 2.45) is 0 Å². The van der Waals surface area contributed by atoms with E-state index in [1.165, 1.54) is 28.1 Å². The minimum atomic E-state index is -0.136. The van der Waals surface area contributed by atoms with E-state index in [0.717, 1.165) is 51.4 Å². The zero-order chi connectivity index (χ0) is 31.4. The molecule has 0 saturated heterocycles. The Morgan fingerprint density at radius 1 is 0.652 bits per heavy atom. The second kappa shape index (κ2) is 10.7. The van der Waals surface area contributed by atoms with Gasteiger partial charge in [0.15, 0.2) is 0 Å². The maximum Gasteiger partial charge on any atom is 0.135 e. The highest BCUT2D eigenvalue weighted by Gasteiger charge is 2.36. The number of anilines is 4. The SMILES string of the molecule is CC1(C)c2ccccc2N(c2ccc3c(c2)-c2ccccc2Oc2ccccc2-c2ccc(N)c(C#N)c2CC3)c2ccccc21. The van der Waals surface area contributed by atoms with Gasteiger partial charge in [-0.3, -0.25) is 0 Å². The Hall–Kier alpha value is -5.79. The summed E-state index contributed by atoms with van der Waals surface area (Å²) in [7, 11) is 0. The van der Waals surface area contributed by atoms with E-state index in [1.807, 2.05) is 42.5 Å². The number of rotatable bonds is 1. The van der Waals surface area contributed by atoms with Gasteiger partial charge in [0.25, 0.3) is 0 Å². The fraction of sp³-hybridized carbons (Fsp3) is 0.119. The first-order valence-electron chi connectivity index (χ1n) is 15.8. The molecule has 0 unspecified atom stereocenters. The number of fused-ring (bicyclic) bond motifs is 8. The number of aryl methyl sites for hydroxylation is 1. The van der Waals surface area contributed by atoms with E-state index in [9.17, 15) is 5.26 Å². The van der Waals surface area contributed by atoms with Gasteiger partial charge in [-0.25, -0.2) is 0 Å². The summed E-state index contributed by atoms with van der Waals surface area (Å²) in [6.07, 6.45) is 1.40. The monoisotopic (exact) mass is 595 g/mol. The predicted molar refractivity (Wildman–Crippen MR) is 187 cm³/mol. The molecule has 0 spiro atoms. The largest absolute Gasteiger partial charge is 0.456 e. The Kier molecular flexibility index (Phi) is 6.44. The molecule has 0 radical (unpaired) electrons. The van der Waals surface area contributed by atoms with Crippen LogP contribution in [0.1, 0.15) is 41.7 Å². The highest BCUT2D eigenvalue weighted by Crippen LogP contribution is 2.52. The van der Waals surface area contributed by atoms with Crippen LogP contribution in [0.15, 0.2) is 127 Å². The van der Waals surface area contributed by atoms with E-state index >= 15 is 0 Å². The first-order valence-corrected chi connectivity index (χ1v) is 15.8. The zero-order valence-corrected chi connectivity index (χ0v) is 25.9. The van der Waals surface area contributed by atoms with Gasteiger partial charge in [-0.1, -0.05) is 98.8 Å². The molecule has 6 aromatic carbocycles. The molecule has 0 aliphatic carbocycles. The van der Waals surface area contributed by atoms with Crippen molar-refractivity contribution in [1.29, 1.82) is 5.26 Å². The van der Waals surface area contributed by atoms with Gasteiger partial charge in [0.2, 0.25) is 0 Å². The average molecular weight is 596 g/mol. The number of ether oxygens (including phenoxy) is 1. The van der Waals surface area contributed by atoms with Crippen molar-refractivity contribution in [2.45, 2.75) is 32.1 Å². The summed E-state index contributed by atoms with van der Waals surface area (Å²) in [5.74, 6) is 1.53. The topological polar surface area (TPSA) is 62.3 Å². The molecule has 4 heteroatoms. The van der Waals surface area contributed by atoms with Gasteiger partial charge in [0.1, 0.15) is 17.6 Å². The molecule has 0 saturated carbocycles. The number of nitriles is 1. The fourth-order valence-corrected chi connectivity index (χ4v) is 7.36. The van der Waals surface area contributed by atoms with Crippen LogP contribution in [0.5, 0.6) is 11.5 Å². The Morgan fingerprint density at radius 2 is 1.24 bits per heavy atom. The molecule has 222 valence electrons. The van der Waals surface area contributed by atoms with E-state index < -0.39 is 0 Å². The van der Waals surface area contributed by atoms with Crippen LogP contribution in [-0.4, -0.2) is 0 Å². The maximum absolute atomic E-state index is 10.2. The number of hydrogen-bond acceptors (Lipinski definition) is 4. The van der Waals surface area contributed by atoms with Crippen molar-refractivity contribution >= 4 is 22.7 Å². The summed E-state index contributed by atoms with van der Waals surface area (Å²) in [5.41, 5.74) is 19.5. The quantitative estimate of drug-likeness (QED) is 0.192. The van der Waals surface area contributed by atoms with Crippen LogP contribution in [-0.2, 0) is 18.3 Å². The molecule has 0 atom stereocenters. The Labute approximate surface area is 270 Å². The third kappa shape index (κ3) is 4.28. The van der Waals surface area contributed by atoms with Crippen molar-refractivity contribution in [2.75, 3.05) is 10.6 Å². The third-order valence-corrected chi connectivity index (χ3v) is 9.66. The van der Waals surface area contributed by atoms with Gasteiger partial charge in [-0.2, -0.15) is 5.26 Å². The van der Waals surface area contributed by atoms with E-state index in [-0.39, 0.29) is 5.41 Å². The van der Waals surface area contributed by atoms with Gasteiger partial charge < -0.3 is 15.4 Å². The maximum atomic E-state index is 10.2. The molecule has 2 N–H and O–H groups in total. The van der Waals surface area contributed by atoms with Crippen LogP contribution in [0.2, 0.25) is 0 Å². The minimum absolute atomic E-state index is 0.136. The summed E-state index contributed by atoms with van der Waals surface area (Å²) in [4.78, 5) is 2.39. The molecule has 8 rings (SSSR count). The standard InChI is InChI=1S/C42H33N3O/c1-42(2)35-13-5-7-15-38(35)45(39-16-8-6-14-36(39)42)28-21-19-27-20-22-30-29(23-24-37(44)34(30)26-43)31-11-3-9-17-40(31)46-41-18-10-4-12-32(41)33(27)25-28/h3-19,21,23-25H,20,22,44H2,1-2H3. The smallest absolute Gasteiger partial charge is 0.135 e. The molecular weight excluding hydrogens is 562 g/mol. The van der Waals surface area contributed by atoms with Gasteiger partial charge in [0.05, 0.1) is 16.9 Å². The minimum Gasteiger partial charge on any atom is -0.456 e. The van der Waals surface area contributed by atoms with Crippen molar-refractivity contribution in [1.82, 2.24) is 0 Å². The van der Waals surface area contributed by atoms with Crippen LogP contribution in [0.25, 0.3) is 22.3 Å². The Bertz CT molecular complexity index is 2160. The lowest BCUT2D eigenvalue weighted by molar-refractivity contribution is 0.486. The van der Waals surface area contributed by atoms with Crippen LogP contribution < -0.4 is 15.4 Å². The number of hydrogen-bond donors (Lipinski definition) is 1.